The molecule has 1 aromatic carbocycles. The fourth-order valence-corrected chi connectivity index (χ4v) is 4.53. The smallest absolute Gasteiger partial charge is 0.187 e. The van der Waals surface area contributed by atoms with Crippen molar-refractivity contribution >= 4 is 0 Å². The molecule has 0 spiro atoms. The third-order valence-corrected chi connectivity index (χ3v) is 5.71. The Hall–Kier alpha value is -1.10. The molecule has 174 valence electrons. The van der Waals surface area contributed by atoms with Gasteiger partial charge in [-0.3, -0.25) is 0 Å². The molecule has 8 heteroatoms. The summed E-state index contributed by atoms with van der Waals surface area (Å²) >= 11 is 0. The standard InChI is InChI=1S/C23H34O8/c1-21(2)27-13-17(28-21)11-23(14-25-15-24-5)19-18(29-22(3,4)30-19)20(31-23)26-12-16-9-7-6-8-10-16/h6-10,17-20H,11-15H2,1-5H3/t17?,18-,19+,20-,23+/m0/s1. The first-order valence-corrected chi connectivity index (χ1v) is 10.8. The Morgan fingerprint density at radius 3 is 2.42 bits per heavy atom. The second kappa shape index (κ2) is 9.03. The van der Waals surface area contributed by atoms with Crippen LogP contribution in [-0.2, 0) is 44.5 Å². The van der Waals surface area contributed by atoms with Crippen LogP contribution in [0.5, 0.6) is 0 Å². The zero-order valence-corrected chi connectivity index (χ0v) is 19.0. The van der Waals surface area contributed by atoms with Crippen LogP contribution in [-0.4, -0.2) is 68.9 Å². The molecule has 31 heavy (non-hydrogen) atoms. The number of rotatable bonds is 9. The van der Waals surface area contributed by atoms with E-state index in [1.165, 1.54) is 0 Å². The van der Waals surface area contributed by atoms with Crippen LogP contribution in [0.2, 0.25) is 0 Å². The number of benzene rings is 1. The van der Waals surface area contributed by atoms with E-state index < -0.39 is 23.5 Å². The number of hydrogen-bond donors (Lipinski definition) is 0. The largest absolute Gasteiger partial charge is 0.359 e. The summed E-state index contributed by atoms with van der Waals surface area (Å²) in [4.78, 5) is 0. The molecule has 0 bridgehead atoms. The predicted octanol–water partition coefficient (Wildman–Crippen LogP) is 2.98. The molecule has 5 atom stereocenters. The van der Waals surface area contributed by atoms with Crippen LogP contribution in [0.4, 0.5) is 0 Å². The molecule has 0 amide bonds. The molecular formula is C23H34O8. The van der Waals surface area contributed by atoms with Gasteiger partial charge in [0, 0.05) is 13.5 Å². The van der Waals surface area contributed by atoms with Gasteiger partial charge in [0.2, 0.25) is 0 Å². The van der Waals surface area contributed by atoms with Gasteiger partial charge in [0.25, 0.3) is 0 Å². The lowest BCUT2D eigenvalue weighted by Crippen LogP contribution is -2.50. The maximum absolute atomic E-state index is 6.52. The Bertz CT molecular complexity index is 724. The van der Waals surface area contributed by atoms with Gasteiger partial charge in [-0.25, -0.2) is 0 Å². The Labute approximate surface area is 184 Å². The summed E-state index contributed by atoms with van der Waals surface area (Å²) in [7, 11) is 1.59. The first-order chi connectivity index (χ1) is 14.7. The summed E-state index contributed by atoms with van der Waals surface area (Å²) in [6.07, 6.45) is -1.02. The van der Waals surface area contributed by atoms with E-state index in [1.54, 1.807) is 7.11 Å². The minimum atomic E-state index is -0.827. The summed E-state index contributed by atoms with van der Waals surface area (Å²) < 4.78 is 48.0. The first-order valence-electron chi connectivity index (χ1n) is 10.8. The zero-order chi connectivity index (χ0) is 22.1. The molecule has 4 rings (SSSR count). The second-order valence-corrected chi connectivity index (χ2v) is 9.28. The molecule has 0 saturated carbocycles. The van der Waals surface area contributed by atoms with Crippen LogP contribution >= 0.6 is 0 Å². The molecule has 3 heterocycles. The fourth-order valence-electron chi connectivity index (χ4n) is 4.53. The lowest BCUT2D eigenvalue weighted by molar-refractivity contribution is -0.275. The molecule has 3 saturated heterocycles. The number of fused-ring (bicyclic) bond motifs is 1. The summed E-state index contributed by atoms with van der Waals surface area (Å²) in [6, 6.07) is 9.98. The van der Waals surface area contributed by atoms with Gasteiger partial charge in [-0.05, 0) is 33.3 Å². The monoisotopic (exact) mass is 438 g/mol. The molecule has 1 aromatic rings. The van der Waals surface area contributed by atoms with E-state index in [1.807, 2.05) is 58.0 Å². The highest BCUT2D eigenvalue weighted by atomic mass is 16.8. The van der Waals surface area contributed by atoms with Crippen molar-refractivity contribution in [2.45, 2.75) is 82.5 Å². The molecular weight excluding hydrogens is 404 g/mol. The van der Waals surface area contributed by atoms with Gasteiger partial charge >= 0.3 is 0 Å². The lowest BCUT2D eigenvalue weighted by Gasteiger charge is -2.36. The van der Waals surface area contributed by atoms with Crippen molar-refractivity contribution in [2.24, 2.45) is 0 Å². The summed E-state index contributed by atoms with van der Waals surface area (Å²) in [6.45, 7) is 8.90. The second-order valence-electron chi connectivity index (χ2n) is 9.28. The van der Waals surface area contributed by atoms with Crippen molar-refractivity contribution in [1.29, 1.82) is 0 Å². The Morgan fingerprint density at radius 2 is 1.74 bits per heavy atom. The average molecular weight is 439 g/mol. The summed E-state index contributed by atoms with van der Waals surface area (Å²) in [5.74, 6) is -1.39. The molecule has 0 aromatic heterocycles. The fraction of sp³-hybridized carbons (Fsp3) is 0.739. The predicted molar refractivity (Wildman–Crippen MR) is 110 cm³/mol. The molecule has 0 N–H and O–H groups in total. The Balaban J connectivity index is 1.54. The van der Waals surface area contributed by atoms with Crippen molar-refractivity contribution in [2.75, 3.05) is 27.1 Å². The van der Waals surface area contributed by atoms with Crippen LogP contribution in [0, 0.1) is 0 Å². The third-order valence-electron chi connectivity index (χ3n) is 5.71. The van der Waals surface area contributed by atoms with Gasteiger partial charge in [0.15, 0.2) is 17.9 Å². The molecule has 3 fully saturated rings. The number of ether oxygens (including phenoxy) is 8. The number of hydrogen-bond acceptors (Lipinski definition) is 8. The van der Waals surface area contributed by atoms with E-state index in [4.69, 9.17) is 37.9 Å². The maximum Gasteiger partial charge on any atom is 0.187 e. The van der Waals surface area contributed by atoms with Gasteiger partial charge in [0.05, 0.1) is 25.9 Å². The SMILES string of the molecule is COCOC[C@@]1(CC2COC(C)(C)O2)O[C@H](OCc2ccccc2)[C@H]2OC(C)(C)O[C@H]21. The van der Waals surface area contributed by atoms with Crippen LogP contribution in [0.15, 0.2) is 30.3 Å². The minimum absolute atomic E-state index is 0.149. The molecule has 1 unspecified atom stereocenters. The average Bonchev–Trinajstić information content (AvgIpc) is 3.31. The number of methoxy groups -OCH3 is 1. The topological polar surface area (TPSA) is 73.8 Å². The Kier molecular flexibility index (Phi) is 6.72. The van der Waals surface area contributed by atoms with Crippen molar-refractivity contribution in [3.05, 3.63) is 35.9 Å². The van der Waals surface area contributed by atoms with Crippen molar-refractivity contribution in [3.8, 4) is 0 Å². The van der Waals surface area contributed by atoms with Crippen molar-refractivity contribution in [1.82, 2.24) is 0 Å². The van der Waals surface area contributed by atoms with Crippen molar-refractivity contribution in [3.63, 3.8) is 0 Å². The van der Waals surface area contributed by atoms with Crippen molar-refractivity contribution < 1.29 is 37.9 Å². The van der Waals surface area contributed by atoms with Crippen LogP contribution in [0.3, 0.4) is 0 Å². The van der Waals surface area contributed by atoms with Crippen LogP contribution < -0.4 is 0 Å². The van der Waals surface area contributed by atoms with E-state index in [9.17, 15) is 0 Å². The zero-order valence-electron chi connectivity index (χ0n) is 19.0. The van der Waals surface area contributed by atoms with E-state index >= 15 is 0 Å². The van der Waals surface area contributed by atoms with E-state index in [2.05, 4.69) is 0 Å². The molecule has 0 radical (unpaired) electrons. The van der Waals surface area contributed by atoms with Gasteiger partial charge < -0.3 is 37.9 Å². The van der Waals surface area contributed by atoms with E-state index in [0.717, 1.165) is 5.56 Å². The normalized spacial score (nSPS) is 36.0. The third kappa shape index (κ3) is 5.29. The van der Waals surface area contributed by atoms with Gasteiger partial charge in [-0.2, -0.15) is 0 Å². The molecule has 3 aliphatic rings. The minimum Gasteiger partial charge on any atom is -0.359 e. The molecule has 8 nitrogen and oxygen atoms in total. The maximum atomic E-state index is 6.52. The van der Waals surface area contributed by atoms with Gasteiger partial charge in [-0.1, -0.05) is 30.3 Å². The highest BCUT2D eigenvalue weighted by Gasteiger charge is 2.64. The van der Waals surface area contributed by atoms with Gasteiger partial charge in [0.1, 0.15) is 24.6 Å². The van der Waals surface area contributed by atoms with Gasteiger partial charge in [-0.15, -0.1) is 0 Å². The Morgan fingerprint density at radius 1 is 0.968 bits per heavy atom. The molecule has 0 aliphatic carbocycles. The lowest BCUT2D eigenvalue weighted by atomic mass is 9.90. The summed E-state index contributed by atoms with van der Waals surface area (Å²) in [5, 5.41) is 0. The highest BCUT2D eigenvalue weighted by molar-refractivity contribution is 5.14. The van der Waals surface area contributed by atoms with E-state index in [0.29, 0.717) is 19.6 Å². The summed E-state index contributed by atoms with van der Waals surface area (Å²) in [5.41, 5.74) is 0.232. The van der Waals surface area contributed by atoms with Crippen LogP contribution in [0.25, 0.3) is 0 Å². The van der Waals surface area contributed by atoms with Crippen LogP contribution in [0.1, 0.15) is 39.7 Å². The quantitative estimate of drug-likeness (QED) is 0.430. The highest BCUT2D eigenvalue weighted by Crippen LogP contribution is 2.48. The molecule has 3 aliphatic heterocycles. The first kappa shape index (κ1) is 23.1. The van der Waals surface area contributed by atoms with E-state index in [-0.39, 0.29) is 31.7 Å².